The van der Waals surface area contributed by atoms with Crippen LogP contribution in [0.15, 0.2) is 36.3 Å². The Morgan fingerprint density at radius 3 is 2.63 bits per heavy atom. The molecule has 0 atom stereocenters. The lowest BCUT2D eigenvalue weighted by Crippen LogP contribution is -2.28. The van der Waals surface area contributed by atoms with Crippen LogP contribution in [0.5, 0.6) is 5.88 Å². The topological polar surface area (TPSA) is 104 Å². The summed E-state index contributed by atoms with van der Waals surface area (Å²) in [4.78, 5) is 15.3. The van der Waals surface area contributed by atoms with Crippen molar-refractivity contribution in [3.05, 3.63) is 53.4 Å². The molecule has 0 aliphatic heterocycles. The smallest absolute Gasteiger partial charge is 0.388 e. The highest BCUT2D eigenvalue weighted by Crippen LogP contribution is 2.19. The monoisotopic (exact) mass is 390 g/mol. The van der Waals surface area contributed by atoms with Gasteiger partial charge in [-0.2, -0.15) is 8.78 Å². The molecule has 144 valence electrons. The minimum absolute atomic E-state index is 0.0700. The SMILES string of the molecule is N/C(=C(/CNC(=O)c1cnc(OC(F)F)c(F)c1)c1ccc[nH+]n1)C(F)F. The van der Waals surface area contributed by atoms with Gasteiger partial charge in [-0.3, -0.25) is 4.79 Å². The Hall–Kier alpha value is -3.31. The lowest BCUT2D eigenvalue weighted by atomic mass is 10.1. The summed E-state index contributed by atoms with van der Waals surface area (Å²) in [5.74, 6) is -3.16. The van der Waals surface area contributed by atoms with Crippen molar-refractivity contribution in [1.82, 2.24) is 15.4 Å². The number of alkyl halides is 4. The summed E-state index contributed by atoms with van der Waals surface area (Å²) < 4.78 is 67.5. The molecular formula is C15H13F5N5O2+. The molecule has 0 saturated carbocycles. The molecule has 0 spiro atoms. The third-order valence-electron chi connectivity index (χ3n) is 3.20. The number of nitrogens with zero attached hydrogens (tertiary/aromatic N) is 2. The standard InChI is InChI=1S/C15H12F5N5O2/c16-9-4-7(5-23-14(9)27-15(19)20)13(26)22-6-8(11(21)12(17)18)10-2-1-3-24-25-10/h1-5,12,15H,6,21H2,(H,22,26)/p+1/b11-8-. The maximum Gasteiger partial charge on any atom is 0.388 e. The van der Waals surface area contributed by atoms with Gasteiger partial charge in [0.15, 0.2) is 12.0 Å². The highest BCUT2D eigenvalue weighted by Gasteiger charge is 2.20. The van der Waals surface area contributed by atoms with Crippen molar-refractivity contribution in [2.45, 2.75) is 13.0 Å². The fraction of sp³-hybridized carbons (Fsp3) is 0.200. The number of hydrogen-bond acceptors (Lipinski definition) is 5. The van der Waals surface area contributed by atoms with E-state index in [1.165, 1.54) is 18.3 Å². The van der Waals surface area contributed by atoms with Crippen molar-refractivity contribution in [2.24, 2.45) is 5.73 Å². The molecule has 2 rings (SSSR count). The minimum atomic E-state index is -3.29. The summed E-state index contributed by atoms with van der Waals surface area (Å²) >= 11 is 0. The zero-order chi connectivity index (χ0) is 20.0. The minimum Gasteiger partial charge on any atom is -0.414 e. The average molecular weight is 390 g/mol. The van der Waals surface area contributed by atoms with Crippen molar-refractivity contribution < 1.29 is 36.6 Å². The van der Waals surface area contributed by atoms with Gasteiger partial charge in [-0.25, -0.2) is 18.2 Å². The largest absolute Gasteiger partial charge is 0.414 e. The number of nitrogens with two attached hydrogens (primary N) is 1. The summed E-state index contributed by atoms with van der Waals surface area (Å²) in [7, 11) is 0. The molecule has 2 aromatic heterocycles. The molecule has 2 heterocycles. The van der Waals surface area contributed by atoms with Crippen LogP contribution in [0.25, 0.3) is 5.57 Å². The maximum absolute atomic E-state index is 13.6. The van der Waals surface area contributed by atoms with Crippen LogP contribution in [0.4, 0.5) is 22.0 Å². The Balaban J connectivity index is 2.17. The van der Waals surface area contributed by atoms with Crippen LogP contribution in [-0.2, 0) is 0 Å². The second kappa shape index (κ2) is 8.87. The Bertz CT molecular complexity index is 833. The van der Waals surface area contributed by atoms with Crippen LogP contribution in [-0.4, -0.2) is 35.6 Å². The van der Waals surface area contributed by atoms with E-state index in [9.17, 15) is 26.7 Å². The van der Waals surface area contributed by atoms with Gasteiger partial charge in [-0.15, -0.1) is 5.10 Å². The number of ether oxygens (including phenoxy) is 1. The second-order valence-corrected chi connectivity index (χ2v) is 4.96. The van der Waals surface area contributed by atoms with Crippen LogP contribution in [0, 0.1) is 5.82 Å². The van der Waals surface area contributed by atoms with Gasteiger partial charge in [0.1, 0.15) is 5.69 Å². The number of aromatic nitrogens is 3. The number of carbonyl (C=O) groups excluding carboxylic acids is 1. The van der Waals surface area contributed by atoms with Crippen molar-refractivity contribution in [2.75, 3.05) is 6.54 Å². The molecule has 2 aromatic rings. The van der Waals surface area contributed by atoms with Gasteiger partial charge in [-0.05, 0) is 17.2 Å². The van der Waals surface area contributed by atoms with Crippen molar-refractivity contribution in [3.8, 4) is 5.88 Å². The molecule has 1 amide bonds. The maximum atomic E-state index is 13.6. The third-order valence-corrected chi connectivity index (χ3v) is 3.20. The van der Waals surface area contributed by atoms with Gasteiger partial charge in [0.05, 0.1) is 11.3 Å². The molecule has 0 aliphatic rings. The number of hydrogen-bond donors (Lipinski definition) is 2. The van der Waals surface area contributed by atoms with Gasteiger partial charge in [0.25, 0.3) is 18.2 Å². The molecule has 0 aromatic carbocycles. The third kappa shape index (κ3) is 5.33. The first-order valence-electron chi connectivity index (χ1n) is 7.28. The van der Waals surface area contributed by atoms with E-state index >= 15 is 0 Å². The number of carbonyl (C=O) groups is 1. The number of allylic oxidation sites excluding steroid dienone is 1. The number of rotatable bonds is 7. The summed E-state index contributed by atoms with van der Waals surface area (Å²) in [6, 6.07) is 3.50. The lowest BCUT2D eigenvalue weighted by molar-refractivity contribution is -0.455. The van der Waals surface area contributed by atoms with Crippen LogP contribution in [0.3, 0.4) is 0 Å². The number of pyridine rings is 1. The molecule has 0 unspecified atom stereocenters. The van der Waals surface area contributed by atoms with Gasteiger partial charge in [0.2, 0.25) is 0 Å². The molecule has 7 nitrogen and oxygen atoms in total. The van der Waals surface area contributed by atoms with Crippen LogP contribution < -0.4 is 20.9 Å². The molecule has 0 radical (unpaired) electrons. The number of amides is 1. The Labute approximate surface area is 149 Å². The molecule has 12 heteroatoms. The Kier molecular flexibility index (Phi) is 6.57. The van der Waals surface area contributed by atoms with Gasteiger partial charge in [0, 0.05) is 24.4 Å². The first-order chi connectivity index (χ1) is 12.8. The zero-order valence-corrected chi connectivity index (χ0v) is 13.4. The van der Waals surface area contributed by atoms with Crippen molar-refractivity contribution in [1.29, 1.82) is 0 Å². The average Bonchev–Trinajstić information content (AvgIpc) is 2.63. The van der Waals surface area contributed by atoms with E-state index in [1.807, 2.05) is 0 Å². The summed E-state index contributed by atoms with van der Waals surface area (Å²) in [6.45, 7) is -3.73. The predicted molar refractivity (Wildman–Crippen MR) is 81.1 cm³/mol. The van der Waals surface area contributed by atoms with E-state index in [4.69, 9.17) is 5.73 Å². The lowest BCUT2D eigenvalue weighted by Gasteiger charge is -2.11. The van der Waals surface area contributed by atoms with E-state index in [0.29, 0.717) is 6.07 Å². The van der Waals surface area contributed by atoms with Gasteiger partial charge in [-0.1, -0.05) is 0 Å². The molecular weight excluding hydrogens is 377 g/mol. The summed E-state index contributed by atoms with van der Waals surface area (Å²) in [5.41, 5.74) is 4.16. The highest BCUT2D eigenvalue weighted by atomic mass is 19.3. The normalized spacial score (nSPS) is 12.1. The Morgan fingerprint density at radius 1 is 1.33 bits per heavy atom. The predicted octanol–water partition coefficient (Wildman–Crippen LogP) is 1.40. The zero-order valence-electron chi connectivity index (χ0n) is 13.4. The first-order valence-corrected chi connectivity index (χ1v) is 7.28. The Morgan fingerprint density at radius 2 is 2.07 bits per heavy atom. The molecule has 0 bridgehead atoms. The molecule has 0 aliphatic carbocycles. The number of nitrogens with one attached hydrogen (secondary N) is 2. The summed E-state index contributed by atoms with van der Waals surface area (Å²) in [6.07, 6.45) is -0.760. The van der Waals surface area contributed by atoms with Crippen LogP contribution in [0.1, 0.15) is 16.1 Å². The number of halogens is 5. The number of H-pyrrole nitrogens is 1. The van der Waals surface area contributed by atoms with E-state index in [1.54, 1.807) is 0 Å². The van der Waals surface area contributed by atoms with Crippen molar-refractivity contribution >= 4 is 11.5 Å². The van der Waals surface area contributed by atoms with E-state index in [0.717, 1.165) is 6.20 Å². The van der Waals surface area contributed by atoms with E-state index in [2.05, 4.69) is 25.2 Å². The van der Waals surface area contributed by atoms with Crippen molar-refractivity contribution in [3.63, 3.8) is 0 Å². The molecule has 4 N–H and O–H groups in total. The quantitative estimate of drug-likeness (QED) is 0.696. The molecule has 0 fully saturated rings. The summed E-state index contributed by atoms with van der Waals surface area (Å²) in [5, 5.41) is 8.49. The fourth-order valence-corrected chi connectivity index (χ4v) is 1.96. The second-order valence-electron chi connectivity index (χ2n) is 4.96. The van der Waals surface area contributed by atoms with Gasteiger partial charge < -0.3 is 15.8 Å². The highest BCUT2D eigenvalue weighted by molar-refractivity contribution is 5.94. The van der Waals surface area contributed by atoms with E-state index < -0.39 is 42.9 Å². The van der Waals surface area contributed by atoms with Gasteiger partial charge >= 0.3 is 6.61 Å². The van der Waals surface area contributed by atoms with E-state index in [-0.39, 0.29) is 16.8 Å². The fourth-order valence-electron chi connectivity index (χ4n) is 1.96. The molecule has 27 heavy (non-hydrogen) atoms. The van der Waals surface area contributed by atoms with Crippen LogP contribution >= 0.6 is 0 Å². The first kappa shape index (κ1) is 20.0. The van der Waals surface area contributed by atoms with Crippen LogP contribution in [0.2, 0.25) is 0 Å². The molecule has 0 saturated heterocycles. The number of aromatic amines is 1.